The van der Waals surface area contributed by atoms with E-state index in [1.54, 1.807) is 0 Å². The van der Waals surface area contributed by atoms with Crippen LogP contribution in [0.15, 0.2) is 18.2 Å². The Balaban J connectivity index is 2.28. The second-order valence-electron chi connectivity index (χ2n) is 4.41. The standard InChI is InChI=1S/C13H17ClN2O2/c1-3-9-7-12(16-13(17)18-2)10-6-8(14)4-5-11(10)15-9/h4-6,9,12,15H,3,7H2,1-2H3,(H,16,17)/t9-,12+/m0/s1. The molecule has 0 bridgehead atoms. The molecule has 0 spiro atoms. The number of carbonyl (C=O) groups is 1. The predicted octanol–water partition coefficient (Wildman–Crippen LogP) is 3.33. The van der Waals surface area contributed by atoms with Gasteiger partial charge in [-0.1, -0.05) is 18.5 Å². The van der Waals surface area contributed by atoms with Crippen molar-refractivity contribution in [1.82, 2.24) is 5.32 Å². The maximum Gasteiger partial charge on any atom is 0.407 e. The highest BCUT2D eigenvalue weighted by atomic mass is 35.5. The minimum Gasteiger partial charge on any atom is -0.453 e. The lowest BCUT2D eigenvalue weighted by Gasteiger charge is -2.33. The van der Waals surface area contributed by atoms with Gasteiger partial charge < -0.3 is 15.4 Å². The van der Waals surface area contributed by atoms with E-state index < -0.39 is 6.09 Å². The Hall–Kier alpha value is -1.42. The third kappa shape index (κ3) is 2.70. The van der Waals surface area contributed by atoms with Crippen LogP contribution in [0.1, 0.15) is 31.4 Å². The van der Waals surface area contributed by atoms with Gasteiger partial charge in [0.2, 0.25) is 0 Å². The second-order valence-corrected chi connectivity index (χ2v) is 4.84. The number of halogens is 1. The van der Waals surface area contributed by atoms with Crippen LogP contribution in [-0.4, -0.2) is 19.2 Å². The molecule has 2 N–H and O–H groups in total. The van der Waals surface area contributed by atoms with Gasteiger partial charge in [-0.3, -0.25) is 0 Å². The molecule has 4 nitrogen and oxygen atoms in total. The van der Waals surface area contributed by atoms with Crippen molar-refractivity contribution in [3.8, 4) is 0 Å². The van der Waals surface area contributed by atoms with Crippen LogP contribution in [0.2, 0.25) is 5.02 Å². The molecular formula is C13H17ClN2O2. The summed E-state index contributed by atoms with van der Waals surface area (Å²) in [6.07, 6.45) is 1.42. The molecule has 1 aliphatic heterocycles. The number of anilines is 1. The molecule has 1 aliphatic rings. The number of rotatable bonds is 2. The normalized spacial score (nSPS) is 21.7. The lowest BCUT2D eigenvalue weighted by atomic mass is 9.92. The van der Waals surface area contributed by atoms with E-state index in [0.717, 1.165) is 24.1 Å². The van der Waals surface area contributed by atoms with Crippen molar-refractivity contribution in [2.24, 2.45) is 0 Å². The zero-order chi connectivity index (χ0) is 13.1. The van der Waals surface area contributed by atoms with Crippen LogP contribution in [0.25, 0.3) is 0 Å². The predicted molar refractivity (Wildman–Crippen MR) is 72.1 cm³/mol. The molecule has 1 aromatic carbocycles. The van der Waals surface area contributed by atoms with Crippen molar-refractivity contribution in [3.63, 3.8) is 0 Å². The molecule has 0 radical (unpaired) electrons. The van der Waals surface area contributed by atoms with E-state index in [0.29, 0.717) is 11.1 Å². The van der Waals surface area contributed by atoms with Crippen molar-refractivity contribution in [2.45, 2.75) is 31.8 Å². The highest BCUT2D eigenvalue weighted by Gasteiger charge is 2.27. The van der Waals surface area contributed by atoms with Crippen molar-refractivity contribution in [2.75, 3.05) is 12.4 Å². The summed E-state index contributed by atoms with van der Waals surface area (Å²) in [6.45, 7) is 2.12. The Morgan fingerprint density at radius 3 is 3.06 bits per heavy atom. The van der Waals surface area contributed by atoms with Crippen molar-refractivity contribution < 1.29 is 9.53 Å². The van der Waals surface area contributed by atoms with E-state index >= 15 is 0 Å². The number of amides is 1. The summed E-state index contributed by atoms with van der Waals surface area (Å²) in [4.78, 5) is 11.4. The van der Waals surface area contributed by atoms with Gasteiger partial charge in [-0.2, -0.15) is 0 Å². The van der Waals surface area contributed by atoms with Crippen LogP contribution in [-0.2, 0) is 4.74 Å². The van der Waals surface area contributed by atoms with Gasteiger partial charge in [0.15, 0.2) is 0 Å². The van der Waals surface area contributed by atoms with E-state index in [2.05, 4.69) is 22.3 Å². The summed E-state index contributed by atoms with van der Waals surface area (Å²) in [6, 6.07) is 5.97. The Morgan fingerprint density at radius 1 is 1.61 bits per heavy atom. The molecule has 18 heavy (non-hydrogen) atoms. The van der Waals surface area contributed by atoms with Gasteiger partial charge in [-0.15, -0.1) is 0 Å². The van der Waals surface area contributed by atoms with Gasteiger partial charge in [-0.05, 0) is 36.6 Å². The first-order chi connectivity index (χ1) is 8.63. The quantitative estimate of drug-likeness (QED) is 0.865. The number of nitrogens with one attached hydrogen (secondary N) is 2. The van der Waals surface area contributed by atoms with Crippen LogP contribution in [0.5, 0.6) is 0 Å². The van der Waals surface area contributed by atoms with E-state index in [4.69, 9.17) is 11.6 Å². The Morgan fingerprint density at radius 2 is 2.39 bits per heavy atom. The number of hydrogen-bond donors (Lipinski definition) is 2. The monoisotopic (exact) mass is 268 g/mol. The number of benzene rings is 1. The average molecular weight is 269 g/mol. The minimum atomic E-state index is -0.414. The summed E-state index contributed by atoms with van der Waals surface area (Å²) < 4.78 is 4.66. The Bertz CT molecular complexity index is 451. The molecule has 0 saturated carbocycles. The van der Waals surface area contributed by atoms with Crippen molar-refractivity contribution in [1.29, 1.82) is 0 Å². The summed E-state index contributed by atoms with van der Waals surface area (Å²) in [5, 5.41) is 6.97. The molecule has 1 heterocycles. The SMILES string of the molecule is CC[C@H]1C[C@@H](NC(=O)OC)c2cc(Cl)ccc2N1. The van der Waals surface area contributed by atoms with Gasteiger partial charge >= 0.3 is 6.09 Å². The van der Waals surface area contributed by atoms with Gasteiger partial charge in [0.1, 0.15) is 0 Å². The second kappa shape index (κ2) is 5.48. The molecular weight excluding hydrogens is 252 g/mol. The molecule has 2 rings (SSSR count). The lowest BCUT2D eigenvalue weighted by Crippen LogP contribution is -2.37. The first-order valence-electron chi connectivity index (χ1n) is 6.04. The smallest absolute Gasteiger partial charge is 0.407 e. The fourth-order valence-electron chi connectivity index (χ4n) is 2.25. The van der Waals surface area contributed by atoms with E-state index in [1.165, 1.54) is 7.11 Å². The largest absolute Gasteiger partial charge is 0.453 e. The van der Waals surface area contributed by atoms with E-state index in [1.807, 2.05) is 18.2 Å². The number of ether oxygens (including phenoxy) is 1. The molecule has 98 valence electrons. The lowest BCUT2D eigenvalue weighted by molar-refractivity contribution is 0.165. The van der Waals surface area contributed by atoms with Crippen LogP contribution in [0.4, 0.5) is 10.5 Å². The van der Waals surface area contributed by atoms with Crippen molar-refractivity contribution >= 4 is 23.4 Å². The topological polar surface area (TPSA) is 50.4 Å². The van der Waals surface area contributed by atoms with E-state index in [9.17, 15) is 4.79 Å². The van der Waals surface area contributed by atoms with Gasteiger partial charge in [0.25, 0.3) is 0 Å². The Kier molecular flexibility index (Phi) is 3.97. The summed E-state index contributed by atoms with van der Waals surface area (Å²) in [5.74, 6) is 0. The van der Waals surface area contributed by atoms with Crippen molar-refractivity contribution in [3.05, 3.63) is 28.8 Å². The first-order valence-corrected chi connectivity index (χ1v) is 6.42. The van der Waals surface area contributed by atoms with Crippen LogP contribution < -0.4 is 10.6 Å². The van der Waals surface area contributed by atoms with Crippen LogP contribution in [0.3, 0.4) is 0 Å². The zero-order valence-electron chi connectivity index (χ0n) is 10.5. The number of methoxy groups -OCH3 is 1. The number of carbonyl (C=O) groups excluding carboxylic acids is 1. The fourth-order valence-corrected chi connectivity index (χ4v) is 2.43. The summed E-state index contributed by atoms with van der Waals surface area (Å²) in [5.41, 5.74) is 2.04. The fraction of sp³-hybridized carbons (Fsp3) is 0.462. The number of hydrogen-bond acceptors (Lipinski definition) is 3. The highest BCUT2D eigenvalue weighted by Crippen LogP contribution is 2.35. The minimum absolute atomic E-state index is 0.0580. The molecule has 5 heteroatoms. The third-order valence-corrected chi connectivity index (χ3v) is 3.47. The van der Waals surface area contributed by atoms with Gasteiger partial charge in [0, 0.05) is 16.8 Å². The van der Waals surface area contributed by atoms with Crippen LogP contribution in [0, 0.1) is 0 Å². The van der Waals surface area contributed by atoms with E-state index in [-0.39, 0.29) is 6.04 Å². The van der Waals surface area contributed by atoms with Gasteiger partial charge in [0.05, 0.1) is 13.2 Å². The zero-order valence-corrected chi connectivity index (χ0v) is 11.3. The molecule has 1 aromatic rings. The van der Waals surface area contributed by atoms with Gasteiger partial charge in [-0.25, -0.2) is 4.79 Å². The molecule has 0 aliphatic carbocycles. The number of alkyl carbamates (subject to hydrolysis) is 1. The molecule has 1 amide bonds. The number of fused-ring (bicyclic) bond motifs is 1. The summed E-state index contributed by atoms with van der Waals surface area (Å²) >= 11 is 6.01. The third-order valence-electron chi connectivity index (χ3n) is 3.24. The molecule has 0 aromatic heterocycles. The van der Waals surface area contributed by atoms with Crippen LogP contribution >= 0.6 is 11.6 Å². The maximum absolute atomic E-state index is 11.4. The molecule has 2 atom stereocenters. The summed E-state index contributed by atoms with van der Waals surface area (Å²) in [7, 11) is 1.37. The Labute approximate surface area is 112 Å². The maximum atomic E-state index is 11.4. The highest BCUT2D eigenvalue weighted by molar-refractivity contribution is 6.30. The first kappa shape index (κ1) is 13.0. The molecule has 0 unspecified atom stereocenters. The average Bonchev–Trinajstić information content (AvgIpc) is 2.38. The molecule has 0 saturated heterocycles. The molecule has 0 fully saturated rings.